The van der Waals surface area contributed by atoms with E-state index in [2.05, 4.69) is 20.8 Å². The average molecular weight is 273 g/mol. The van der Waals surface area contributed by atoms with E-state index < -0.39 is 9.05 Å². The van der Waals surface area contributed by atoms with Gasteiger partial charge in [-0.15, -0.1) is 0 Å². The van der Waals surface area contributed by atoms with Gasteiger partial charge in [0.2, 0.25) is 0 Å². The van der Waals surface area contributed by atoms with Gasteiger partial charge in [-0.2, -0.15) is 0 Å². The van der Waals surface area contributed by atoms with Crippen molar-refractivity contribution in [2.45, 2.75) is 38.5 Å². The minimum atomic E-state index is -3.61. The molecule has 0 radical (unpaired) electrons. The Hall–Kier alpha value is -0.540. The van der Waals surface area contributed by atoms with Crippen LogP contribution in [0.4, 0.5) is 0 Å². The number of rotatable bonds is 1. The first kappa shape index (κ1) is 12.9. The molecule has 0 aliphatic heterocycles. The smallest absolute Gasteiger partial charge is 0.207 e. The SMILES string of the molecule is CC(C)(C)C1Cc2ccc(S(=O)(=O)Cl)cc2C1. The lowest BCUT2D eigenvalue weighted by Gasteiger charge is -2.26. The maximum Gasteiger partial charge on any atom is 0.261 e. The van der Waals surface area contributed by atoms with Gasteiger partial charge in [0.05, 0.1) is 4.90 Å². The highest BCUT2D eigenvalue weighted by atomic mass is 35.7. The molecule has 0 aromatic heterocycles. The molecule has 1 aromatic carbocycles. The fraction of sp³-hybridized carbons (Fsp3) is 0.538. The van der Waals surface area contributed by atoms with E-state index in [1.54, 1.807) is 12.1 Å². The first-order valence-corrected chi connectivity index (χ1v) is 8.05. The zero-order valence-corrected chi connectivity index (χ0v) is 11.9. The van der Waals surface area contributed by atoms with Gasteiger partial charge in [-0.1, -0.05) is 26.8 Å². The normalized spacial score (nSPS) is 20.4. The van der Waals surface area contributed by atoms with Gasteiger partial charge in [-0.25, -0.2) is 8.42 Å². The van der Waals surface area contributed by atoms with Gasteiger partial charge < -0.3 is 0 Å². The van der Waals surface area contributed by atoms with Crippen LogP contribution in [0, 0.1) is 11.3 Å². The molecule has 17 heavy (non-hydrogen) atoms. The van der Waals surface area contributed by atoms with Crippen molar-refractivity contribution in [3.05, 3.63) is 29.3 Å². The molecule has 1 atom stereocenters. The van der Waals surface area contributed by atoms with Crippen molar-refractivity contribution >= 4 is 19.7 Å². The second-order valence-corrected chi connectivity index (χ2v) is 8.41. The second kappa shape index (κ2) is 3.99. The Balaban J connectivity index is 2.35. The molecule has 0 fully saturated rings. The molecule has 0 amide bonds. The van der Waals surface area contributed by atoms with Crippen molar-refractivity contribution in [1.82, 2.24) is 0 Å². The van der Waals surface area contributed by atoms with E-state index in [9.17, 15) is 8.42 Å². The number of fused-ring (bicyclic) bond motifs is 1. The summed E-state index contributed by atoms with van der Waals surface area (Å²) < 4.78 is 22.6. The van der Waals surface area contributed by atoms with Crippen LogP contribution in [0.1, 0.15) is 31.9 Å². The van der Waals surface area contributed by atoms with Crippen LogP contribution in [0.3, 0.4) is 0 Å². The predicted molar refractivity (Wildman–Crippen MR) is 69.8 cm³/mol. The summed E-state index contributed by atoms with van der Waals surface area (Å²) in [4.78, 5) is 0.215. The summed E-state index contributed by atoms with van der Waals surface area (Å²) in [5, 5.41) is 0. The van der Waals surface area contributed by atoms with E-state index in [0.29, 0.717) is 5.92 Å². The maximum absolute atomic E-state index is 11.3. The molecular formula is C13H17ClO2S. The Morgan fingerprint density at radius 2 is 1.76 bits per heavy atom. The lowest BCUT2D eigenvalue weighted by molar-refractivity contribution is 0.251. The van der Waals surface area contributed by atoms with Crippen molar-refractivity contribution < 1.29 is 8.42 Å². The largest absolute Gasteiger partial charge is 0.261 e. The summed E-state index contributed by atoms with van der Waals surface area (Å²) >= 11 is 0. The van der Waals surface area contributed by atoms with Crippen molar-refractivity contribution in [3.8, 4) is 0 Å². The first-order valence-electron chi connectivity index (χ1n) is 5.74. The average Bonchev–Trinajstić information content (AvgIpc) is 2.57. The minimum Gasteiger partial charge on any atom is -0.207 e. The number of benzene rings is 1. The lowest BCUT2D eigenvalue weighted by Crippen LogP contribution is -2.20. The van der Waals surface area contributed by atoms with E-state index in [1.165, 1.54) is 5.56 Å². The topological polar surface area (TPSA) is 34.1 Å². The van der Waals surface area contributed by atoms with Crippen LogP contribution in [-0.2, 0) is 21.9 Å². The zero-order chi connectivity index (χ0) is 12.8. The van der Waals surface area contributed by atoms with Crippen LogP contribution in [0.15, 0.2) is 23.1 Å². The fourth-order valence-electron chi connectivity index (χ4n) is 2.36. The molecule has 2 rings (SSSR count). The van der Waals surface area contributed by atoms with Crippen LogP contribution < -0.4 is 0 Å². The third-order valence-electron chi connectivity index (χ3n) is 3.62. The maximum atomic E-state index is 11.3. The third kappa shape index (κ3) is 2.66. The van der Waals surface area contributed by atoms with E-state index in [-0.39, 0.29) is 10.3 Å². The number of hydrogen-bond donors (Lipinski definition) is 0. The molecule has 4 heteroatoms. The molecule has 0 saturated heterocycles. The van der Waals surface area contributed by atoms with E-state index >= 15 is 0 Å². The summed E-state index contributed by atoms with van der Waals surface area (Å²) in [5.41, 5.74) is 2.64. The predicted octanol–water partition coefficient (Wildman–Crippen LogP) is 3.38. The molecule has 0 bridgehead atoms. The highest BCUT2D eigenvalue weighted by molar-refractivity contribution is 8.13. The van der Waals surface area contributed by atoms with Gasteiger partial charge in [-0.05, 0) is 47.4 Å². The highest BCUT2D eigenvalue weighted by Crippen LogP contribution is 2.39. The Bertz CT molecular complexity index is 541. The molecule has 1 aromatic rings. The molecule has 0 N–H and O–H groups in total. The van der Waals surface area contributed by atoms with Crippen LogP contribution in [0.5, 0.6) is 0 Å². The first-order chi connectivity index (χ1) is 7.68. The summed E-state index contributed by atoms with van der Waals surface area (Å²) in [7, 11) is 1.75. The lowest BCUT2D eigenvalue weighted by atomic mass is 9.79. The Labute approximate surface area is 107 Å². The van der Waals surface area contributed by atoms with E-state index in [1.807, 2.05) is 6.07 Å². The van der Waals surface area contributed by atoms with E-state index in [4.69, 9.17) is 10.7 Å². The van der Waals surface area contributed by atoms with Crippen molar-refractivity contribution in [2.75, 3.05) is 0 Å². The summed E-state index contributed by atoms with van der Waals surface area (Å²) in [5.74, 6) is 0.575. The van der Waals surface area contributed by atoms with Crippen molar-refractivity contribution in [2.24, 2.45) is 11.3 Å². The monoisotopic (exact) mass is 272 g/mol. The van der Waals surface area contributed by atoms with Crippen LogP contribution in [0.25, 0.3) is 0 Å². The highest BCUT2D eigenvalue weighted by Gasteiger charge is 2.31. The van der Waals surface area contributed by atoms with Gasteiger partial charge >= 0.3 is 0 Å². The standard InChI is InChI=1S/C13H17ClO2S/c1-13(2,3)11-6-9-4-5-12(17(14,15)16)8-10(9)7-11/h4-5,8,11H,6-7H2,1-3H3. The second-order valence-electron chi connectivity index (χ2n) is 5.84. The van der Waals surface area contributed by atoms with Gasteiger partial charge in [0.15, 0.2) is 0 Å². The van der Waals surface area contributed by atoms with Gasteiger partial charge in [0, 0.05) is 10.7 Å². The molecular weight excluding hydrogens is 256 g/mol. The summed E-state index contributed by atoms with van der Waals surface area (Å²) in [6.45, 7) is 6.67. The van der Waals surface area contributed by atoms with Crippen LogP contribution >= 0.6 is 10.7 Å². The van der Waals surface area contributed by atoms with E-state index in [0.717, 1.165) is 18.4 Å². The molecule has 2 nitrogen and oxygen atoms in total. The molecule has 0 saturated carbocycles. The van der Waals surface area contributed by atoms with Crippen LogP contribution in [-0.4, -0.2) is 8.42 Å². The molecule has 0 spiro atoms. The zero-order valence-electron chi connectivity index (χ0n) is 10.3. The summed E-state index contributed by atoms with van der Waals surface area (Å²) in [6.07, 6.45) is 1.97. The molecule has 1 unspecified atom stereocenters. The number of halogens is 1. The van der Waals surface area contributed by atoms with Crippen molar-refractivity contribution in [1.29, 1.82) is 0 Å². The summed E-state index contributed by atoms with van der Waals surface area (Å²) in [6, 6.07) is 5.23. The van der Waals surface area contributed by atoms with Crippen LogP contribution in [0.2, 0.25) is 0 Å². The molecule has 1 aliphatic rings. The molecule has 1 aliphatic carbocycles. The Kier molecular flexibility index (Phi) is 3.03. The third-order valence-corrected chi connectivity index (χ3v) is 4.97. The number of hydrogen-bond acceptors (Lipinski definition) is 2. The van der Waals surface area contributed by atoms with Crippen molar-refractivity contribution in [3.63, 3.8) is 0 Å². The Morgan fingerprint density at radius 1 is 1.18 bits per heavy atom. The fourth-order valence-corrected chi connectivity index (χ4v) is 3.16. The Morgan fingerprint density at radius 3 is 2.29 bits per heavy atom. The minimum absolute atomic E-state index is 0.215. The van der Waals surface area contributed by atoms with Gasteiger partial charge in [0.1, 0.15) is 0 Å². The van der Waals surface area contributed by atoms with Gasteiger partial charge in [-0.3, -0.25) is 0 Å². The van der Waals surface area contributed by atoms with Gasteiger partial charge in [0.25, 0.3) is 9.05 Å². The quantitative estimate of drug-likeness (QED) is 0.735. The molecule has 0 heterocycles. The molecule has 94 valence electrons.